The third-order valence-electron chi connectivity index (χ3n) is 5.94. The van der Waals surface area contributed by atoms with Crippen LogP contribution in [-0.2, 0) is 22.6 Å². The number of aliphatic carboxylic acids is 1. The molecule has 1 amide bonds. The third-order valence-corrected chi connectivity index (χ3v) is 6.20. The van der Waals surface area contributed by atoms with Crippen molar-refractivity contribution in [2.75, 3.05) is 4.90 Å². The SMILES string of the molecule is CC(C)(C)OC(=O)N(Cc1cccc(C2CCCCC2)c1)c1nc(Cl)c2ncn(CC(=O)O)c2n1. The number of ether oxygens (including phenoxy) is 1. The molecule has 2 aromatic heterocycles. The van der Waals surface area contributed by atoms with Gasteiger partial charge in [-0.15, -0.1) is 0 Å². The van der Waals surface area contributed by atoms with Crippen molar-refractivity contribution in [1.82, 2.24) is 19.5 Å². The van der Waals surface area contributed by atoms with E-state index in [1.165, 1.54) is 53.5 Å². The number of anilines is 1. The minimum Gasteiger partial charge on any atom is -0.480 e. The molecule has 1 aliphatic carbocycles. The minimum absolute atomic E-state index is 0.0203. The highest BCUT2D eigenvalue weighted by Gasteiger charge is 2.28. The van der Waals surface area contributed by atoms with Gasteiger partial charge in [-0.25, -0.2) is 14.7 Å². The number of hydrogen-bond donors (Lipinski definition) is 1. The van der Waals surface area contributed by atoms with Crippen LogP contribution in [-0.4, -0.2) is 42.3 Å². The van der Waals surface area contributed by atoms with Crippen LogP contribution in [0.1, 0.15) is 69.9 Å². The number of imidazole rings is 1. The number of carbonyl (C=O) groups is 2. The third kappa shape index (κ3) is 6.08. The first kappa shape index (κ1) is 24.9. The van der Waals surface area contributed by atoms with Gasteiger partial charge in [-0.3, -0.25) is 4.79 Å². The van der Waals surface area contributed by atoms with Gasteiger partial charge in [0.15, 0.2) is 10.8 Å². The van der Waals surface area contributed by atoms with E-state index in [1.54, 1.807) is 20.8 Å². The molecule has 0 aliphatic heterocycles. The van der Waals surface area contributed by atoms with Crippen LogP contribution < -0.4 is 4.90 Å². The van der Waals surface area contributed by atoms with Gasteiger partial charge in [0.1, 0.15) is 17.7 Å². The fourth-order valence-corrected chi connectivity index (χ4v) is 4.59. The Hall–Kier alpha value is -3.20. The Morgan fingerprint density at radius 1 is 1.20 bits per heavy atom. The lowest BCUT2D eigenvalue weighted by Gasteiger charge is -2.27. The number of carbonyl (C=O) groups excluding carboxylic acids is 1. The van der Waals surface area contributed by atoms with Gasteiger partial charge in [0, 0.05) is 0 Å². The predicted molar refractivity (Wildman–Crippen MR) is 133 cm³/mol. The minimum atomic E-state index is -1.05. The normalized spacial score (nSPS) is 14.7. The Labute approximate surface area is 209 Å². The van der Waals surface area contributed by atoms with E-state index in [1.807, 2.05) is 12.1 Å². The van der Waals surface area contributed by atoms with Gasteiger partial charge in [-0.2, -0.15) is 9.97 Å². The number of fused-ring (bicyclic) bond motifs is 1. The van der Waals surface area contributed by atoms with Crippen molar-refractivity contribution in [3.05, 3.63) is 46.9 Å². The number of halogens is 1. The highest BCUT2D eigenvalue weighted by atomic mass is 35.5. The Balaban J connectivity index is 1.72. The molecule has 1 aromatic carbocycles. The summed E-state index contributed by atoms with van der Waals surface area (Å²) in [7, 11) is 0. The molecule has 35 heavy (non-hydrogen) atoms. The average Bonchev–Trinajstić information content (AvgIpc) is 3.19. The summed E-state index contributed by atoms with van der Waals surface area (Å²) in [6.07, 6.45) is 6.80. The smallest absolute Gasteiger partial charge is 0.417 e. The van der Waals surface area contributed by atoms with Gasteiger partial charge in [0.25, 0.3) is 0 Å². The first-order chi connectivity index (χ1) is 16.6. The summed E-state index contributed by atoms with van der Waals surface area (Å²) in [6.45, 7) is 5.17. The molecule has 2 heterocycles. The second-order valence-corrected chi connectivity index (χ2v) is 10.3. The molecule has 0 radical (unpaired) electrons. The highest BCUT2D eigenvalue weighted by Crippen LogP contribution is 2.33. The van der Waals surface area contributed by atoms with Crippen LogP contribution in [0.3, 0.4) is 0 Å². The molecule has 1 fully saturated rings. The first-order valence-electron chi connectivity index (χ1n) is 11.8. The topological polar surface area (TPSA) is 110 Å². The van der Waals surface area contributed by atoms with Crippen LogP contribution in [0.15, 0.2) is 30.6 Å². The number of aromatic nitrogens is 4. The van der Waals surface area contributed by atoms with E-state index in [0.717, 1.165) is 5.56 Å². The molecule has 0 saturated heterocycles. The predicted octanol–water partition coefficient (Wildman–Crippen LogP) is 5.55. The number of carboxylic acids is 1. The summed E-state index contributed by atoms with van der Waals surface area (Å²) < 4.78 is 7.00. The summed E-state index contributed by atoms with van der Waals surface area (Å²) in [5.41, 5.74) is 1.93. The van der Waals surface area contributed by atoms with Gasteiger partial charge in [-0.05, 0) is 50.7 Å². The van der Waals surface area contributed by atoms with Crippen molar-refractivity contribution >= 4 is 40.8 Å². The van der Waals surface area contributed by atoms with E-state index in [9.17, 15) is 14.7 Å². The molecule has 1 saturated carbocycles. The van der Waals surface area contributed by atoms with Crippen LogP contribution in [0, 0.1) is 0 Å². The van der Waals surface area contributed by atoms with Crippen molar-refractivity contribution in [2.45, 2.75) is 77.5 Å². The second-order valence-electron chi connectivity index (χ2n) is 9.90. The fourth-order valence-electron chi connectivity index (χ4n) is 4.38. The molecular formula is C25H30ClN5O4. The van der Waals surface area contributed by atoms with E-state index in [2.05, 4.69) is 27.1 Å². The molecule has 4 rings (SSSR count). The van der Waals surface area contributed by atoms with Crippen molar-refractivity contribution < 1.29 is 19.4 Å². The summed E-state index contributed by atoms with van der Waals surface area (Å²) in [5, 5.41) is 9.25. The summed E-state index contributed by atoms with van der Waals surface area (Å²) >= 11 is 6.37. The second kappa shape index (κ2) is 10.2. The molecule has 1 N–H and O–H groups in total. The molecule has 186 valence electrons. The lowest BCUT2D eigenvalue weighted by atomic mass is 9.83. The van der Waals surface area contributed by atoms with Crippen molar-refractivity contribution in [1.29, 1.82) is 0 Å². The quantitative estimate of drug-likeness (QED) is 0.442. The van der Waals surface area contributed by atoms with Crippen molar-refractivity contribution in [3.8, 4) is 0 Å². The summed E-state index contributed by atoms with van der Waals surface area (Å²) in [6, 6.07) is 8.23. The van der Waals surface area contributed by atoms with Crippen LogP contribution in [0.5, 0.6) is 0 Å². The molecule has 1 aliphatic rings. The number of amides is 1. The van der Waals surface area contributed by atoms with Crippen molar-refractivity contribution in [2.24, 2.45) is 0 Å². The van der Waals surface area contributed by atoms with Gasteiger partial charge in [0.05, 0.1) is 12.9 Å². The maximum Gasteiger partial charge on any atom is 0.417 e. The Bertz CT molecular complexity index is 1230. The molecule has 0 unspecified atom stereocenters. The molecular weight excluding hydrogens is 470 g/mol. The zero-order chi connectivity index (χ0) is 25.2. The molecule has 0 atom stereocenters. The van der Waals surface area contributed by atoms with Crippen LogP contribution in [0.2, 0.25) is 5.15 Å². The fraction of sp³-hybridized carbons (Fsp3) is 0.480. The number of rotatable bonds is 6. The lowest BCUT2D eigenvalue weighted by Crippen LogP contribution is -2.37. The summed E-state index contributed by atoms with van der Waals surface area (Å²) in [5.74, 6) is -0.512. The van der Waals surface area contributed by atoms with Crippen LogP contribution in [0.25, 0.3) is 11.2 Å². The van der Waals surface area contributed by atoms with E-state index in [-0.39, 0.29) is 35.4 Å². The van der Waals surface area contributed by atoms with Crippen LogP contribution in [0.4, 0.5) is 10.7 Å². The van der Waals surface area contributed by atoms with E-state index >= 15 is 0 Å². The Kier molecular flexibility index (Phi) is 7.25. The lowest BCUT2D eigenvalue weighted by molar-refractivity contribution is -0.137. The van der Waals surface area contributed by atoms with E-state index < -0.39 is 17.7 Å². The van der Waals surface area contributed by atoms with Crippen LogP contribution >= 0.6 is 11.6 Å². The molecule has 0 spiro atoms. The van der Waals surface area contributed by atoms with E-state index in [0.29, 0.717) is 5.92 Å². The van der Waals surface area contributed by atoms with Gasteiger partial charge in [-0.1, -0.05) is 55.1 Å². The molecule has 10 heteroatoms. The van der Waals surface area contributed by atoms with Crippen molar-refractivity contribution in [3.63, 3.8) is 0 Å². The number of nitrogens with zero attached hydrogens (tertiary/aromatic N) is 5. The Morgan fingerprint density at radius 3 is 2.63 bits per heavy atom. The largest absolute Gasteiger partial charge is 0.480 e. The number of carboxylic acid groups (broad SMARTS) is 1. The van der Waals surface area contributed by atoms with Gasteiger partial charge < -0.3 is 14.4 Å². The first-order valence-corrected chi connectivity index (χ1v) is 12.2. The maximum atomic E-state index is 13.3. The molecule has 3 aromatic rings. The zero-order valence-corrected chi connectivity index (χ0v) is 21.0. The molecule has 0 bridgehead atoms. The summed E-state index contributed by atoms with van der Waals surface area (Å²) in [4.78, 5) is 38.8. The molecule has 9 nitrogen and oxygen atoms in total. The number of hydrogen-bond acceptors (Lipinski definition) is 6. The average molecular weight is 500 g/mol. The monoisotopic (exact) mass is 499 g/mol. The van der Waals surface area contributed by atoms with Gasteiger partial charge >= 0.3 is 12.1 Å². The highest BCUT2D eigenvalue weighted by molar-refractivity contribution is 6.33. The maximum absolute atomic E-state index is 13.3. The van der Waals surface area contributed by atoms with E-state index in [4.69, 9.17) is 16.3 Å². The van der Waals surface area contributed by atoms with Gasteiger partial charge in [0.2, 0.25) is 5.95 Å². The Morgan fingerprint density at radius 2 is 1.94 bits per heavy atom. The number of benzene rings is 1. The zero-order valence-electron chi connectivity index (χ0n) is 20.2. The standard InChI is InChI=1S/C25H30ClN5O4/c1-25(2,3)35-24(34)31(13-16-8-7-11-18(12-16)17-9-5-4-6-10-17)23-28-21(26)20-22(29-23)30(15-27-20)14-19(32)33/h7-8,11-12,15,17H,4-6,9-10,13-14H2,1-3H3,(H,32,33).